The van der Waals surface area contributed by atoms with E-state index in [2.05, 4.69) is 6.92 Å². The summed E-state index contributed by atoms with van der Waals surface area (Å²) in [7, 11) is 0. The van der Waals surface area contributed by atoms with Crippen LogP contribution in [0.2, 0.25) is 0 Å². The highest BCUT2D eigenvalue weighted by Crippen LogP contribution is 2.63. The summed E-state index contributed by atoms with van der Waals surface area (Å²) in [4.78, 5) is 24.8. The molecule has 3 aliphatic rings. The molecule has 6 nitrogen and oxygen atoms in total. The van der Waals surface area contributed by atoms with Gasteiger partial charge in [-0.2, -0.15) is 0 Å². The molecule has 3 fully saturated rings. The van der Waals surface area contributed by atoms with Crippen molar-refractivity contribution >= 4 is 11.9 Å². The molecular formula is C29H34O6. The number of hydrogen-bond donors (Lipinski definition) is 2. The van der Waals surface area contributed by atoms with Gasteiger partial charge in [0.15, 0.2) is 0 Å². The summed E-state index contributed by atoms with van der Waals surface area (Å²) in [6.07, 6.45) is 6.76. The summed E-state index contributed by atoms with van der Waals surface area (Å²) in [6.45, 7) is 3.10. The van der Waals surface area contributed by atoms with E-state index in [1.165, 1.54) is 43.5 Å². The topological polar surface area (TPSA) is 93.1 Å². The molecule has 35 heavy (non-hydrogen) atoms. The summed E-state index contributed by atoms with van der Waals surface area (Å²) in [6, 6.07) is 12.3. The SMILES string of the molecule is C[C@]1(COC(=O)c2ccc(O)cc2)CC2CC(C1)C1C(CCOC(=O)c3ccc(O)cc3)CCC21. The standard InChI is InChI=1S/C29H34O6/c1-29(17-35-28(33)20-4-9-24(31)10-5-20)15-21-14-22(16-29)26-18(6-11-25(21)26)12-13-34-27(32)19-2-7-23(30)8-3-19/h2-5,7-10,18,21-22,25-26,30-31H,6,11-17H2,1H3/t18?,21?,22?,25?,26?,29-/m0/s1. The molecular weight excluding hydrogens is 444 g/mol. The zero-order valence-electron chi connectivity index (χ0n) is 20.2. The van der Waals surface area contributed by atoms with Gasteiger partial charge in [-0.1, -0.05) is 6.92 Å². The molecule has 0 amide bonds. The van der Waals surface area contributed by atoms with Crippen molar-refractivity contribution < 1.29 is 29.3 Å². The van der Waals surface area contributed by atoms with Crippen molar-refractivity contribution in [3.63, 3.8) is 0 Å². The number of esters is 2. The van der Waals surface area contributed by atoms with Crippen LogP contribution in [0.4, 0.5) is 0 Å². The molecule has 2 aromatic rings. The van der Waals surface area contributed by atoms with Crippen molar-refractivity contribution in [1.29, 1.82) is 0 Å². The van der Waals surface area contributed by atoms with E-state index in [1.807, 2.05) is 0 Å². The molecule has 6 heteroatoms. The van der Waals surface area contributed by atoms with Crippen molar-refractivity contribution in [3.8, 4) is 11.5 Å². The Morgan fingerprint density at radius 3 is 2.06 bits per heavy atom. The Bertz CT molecular complexity index is 1060. The molecule has 6 atom stereocenters. The summed E-state index contributed by atoms with van der Waals surface area (Å²) in [5.74, 6) is 2.88. The Morgan fingerprint density at radius 2 is 1.43 bits per heavy atom. The van der Waals surface area contributed by atoms with Crippen molar-refractivity contribution in [1.82, 2.24) is 0 Å². The molecule has 5 rings (SSSR count). The van der Waals surface area contributed by atoms with E-state index in [0.29, 0.717) is 48.0 Å². The van der Waals surface area contributed by atoms with Crippen LogP contribution in [0.25, 0.3) is 0 Å². The molecule has 0 spiro atoms. The van der Waals surface area contributed by atoms with Gasteiger partial charge in [-0.3, -0.25) is 0 Å². The maximum Gasteiger partial charge on any atom is 0.338 e. The number of benzene rings is 2. The fourth-order valence-corrected chi connectivity index (χ4v) is 7.31. The smallest absolute Gasteiger partial charge is 0.338 e. The Balaban J connectivity index is 1.14. The van der Waals surface area contributed by atoms with E-state index in [9.17, 15) is 19.8 Å². The maximum atomic E-state index is 12.5. The minimum absolute atomic E-state index is 0.0135. The first-order valence-electron chi connectivity index (χ1n) is 12.7. The minimum atomic E-state index is -0.340. The number of carbonyl (C=O) groups is 2. The maximum absolute atomic E-state index is 12.5. The second-order valence-corrected chi connectivity index (χ2v) is 11.1. The Morgan fingerprint density at radius 1 is 0.857 bits per heavy atom. The molecule has 3 saturated carbocycles. The van der Waals surface area contributed by atoms with Crippen LogP contribution in [0.3, 0.4) is 0 Å². The fraction of sp³-hybridized carbons (Fsp3) is 0.517. The third kappa shape index (κ3) is 5.02. The van der Waals surface area contributed by atoms with Gasteiger partial charge >= 0.3 is 11.9 Å². The van der Waals surface area contributed by atoms with Gasteiger partial charge in [0, 0.05) is 5.41 Å². The third-order valence-corrected chi connectivity index (χ3v) is 8.65. The van der Waals surface area contributed by atoms with Gasteiger partial charge in [0.2, 0.25) is 0 Å². The quantitative estimate of drug-likeness (QED) is 0.505. The zero-order valence-corrected chi connectivity index (χ0v) is 20.2. The minimum Gasteiger partial charge on any atom is -0.508 e. The number of hydrogen-bond acceptors (Lipinski definition) is 6. The van der Waals surface area contributed by atoms with Crippen molar-refractivity contribution in [3.05, 3.63) is 59.7 Å². The molecule has 186 valence electrons. The molecule has 3 aliphatic carbocycles. The highest BCUT2D eigenvalue weighted by Gasteiger charge is 2.55. The largest absolute Gasteiger partial charge is 0.508 e. The Kier molecular flexibility index (Phi) is 6.47. The Hall–Kier alpha value is -3.02. The number of fused-ring (bicyclic) bond motifs is 5. The monoisotopic (exact) mass is 478 g/mol. The third-order valence-electron chi connectivity index (χ3n) is 8.65. The fourth-order valence-electron chi connectivity index (χ4n) is 7.31. The van der Waals surface area contributed by atoms with E-state index < -0.39 is 0 Å². The lowest BCUT2D eigenvalue weighted by Crippen LogP contribution is -2.34. The summed E-state index contributed by atoms with van der Waals surface area (Å²) < 4.78 is 11.3. The van der Waals surface area contributed by atoms with Crippen LogP contribution >= 0.6 is 0 Å². The molecule has 2 N–H and O–H groups in total. The highest BCUT2D eigenvalue weighted by atomic mass is 16.5. The van der Waals surface area contributed by atoms with E-state index in [-0.39, 0.29) is 28.9 Å². The summed E-state index contributed by atoms with van der Waals surface area (Å²) >= 11 is 0. The number of rotatable bonds is 7. The van der Waals surface area contributed by atoms with Crippen molar-refractivity contribution in [2.75, 3.05) is 13.2 Å². The van der Waals surface area contributed by atoms with E-state index in [4.69, 9.17) is 9.47 Å². The van der Waals surface area contributed by atoms with Crippen LogP contribution in [0.15, 0.2) is 48.5 Å². The lowest BCUT2D eigenvalue weighted by atomic mass is 9.68. The van der Waals surface area contributed by atoms with Crippen LogP contribution in [-0.4, -0.2) is 35.4 Å². The van der Waals surface area contributed by atoms with Gasteiger partial charge in [-0.05, 0) is 117 Å². The van der Waals surface area contributed by atoms with E-state index in [0.717, 1.165) is 25.2 Å². The molecule has 0 aliphatic heterocycles. The Labute approximate surface area is 206 Å². The first-order chi connectivity index (χ1) is 16.8. The van der Waals surface area contributed by atoms with Gasteiger partial charge in [0.1, 0.15) is 11.5 Å². The molecule has 2 aromatic carbocycles. The normalized spacial score (nSPS) is 31.1. The van der Waals surface area contributed by atoms with Crippen LogP contribution in [0.5, 0.6) is 11.5 Å². The van der Waals surface area contributed by atoms with Gasteiger partial charge in [0.25, 0.3) is 0 Å². The number of phenolic OH excluding ortho intramolecular Hbond substituents is 2. The average molecular weight is 479 g/mol. The molecule has 2 bridgehead atoms. The molecule has 0 radical (unpaired) electrons. The predicted molar refractivity (Wildman–Crippen MR) is 130 cm³/mol. The molecule has 0 aromatic heterocycles. The predicted octanol–water partition coefficient (Wildman–Crippen LogP) is 5.58. The highest BCUT2D eigenvalue weighted by molar-refractivity contribution is 5.90. The lowest BCUT2D eigenvalue weighted by molar-refractivity contribution is 0.00972. The van der Waals surface area contributed by atoms with Crippen LogP contribution < -0.4 is 0 Å². The van der Waals surface area contributed by atoms with E-state index in [1.54, 1.807) is 24.3 Å². The van der Waals surface area contributed by atoms with Crippen LogP contribution in [0, 0.1) is 35.0 Å². The van der Waals surface area contributed by atoms with Crippen molar-refractivity contribution in [2.24, 2.45) is 35.0 Å². The first kappa shape index (κ1) is 23.7. The second-order valence-electron chi connectivity index (χ2n) is 11.1. The summed E-state index contributed by atoms with van der Waals surface area (Å²) in [5.41, 5.74) is 0.908. The van der Waals surface area contributed by atoms with Gasteiger partial charge in [0.05, 0.1) is 24.3 Å². The van der Waals surface area contributed by atoms with E-state index >= 15 is 0 Å². The number of carbonyl (C=O) groups excluding carboxylic acids is 2. The van der Waals surface area contributed by atoms with Gasteiger partial charge in [-0.15, -0.1) is 0 Å². The number of phenols is 2. The van der Waals surface area contributed by atoms with Crippen LogP contribution in [-0.2, 0) is 9.47 Å². The average Bonchev–Trinajstić information content (AvgIpc) is 3.37. The summed E-state index contributed by atoms with van der Waals surface area (Å²) in [5, 5.41) is 18.8. The van der Waals surface area contributed by atoms with Gasteiger partial charge < -0.3 is 19.7 Å². The zero-order chi connectivity index (χ0) is 24.6. The first-order valence-corrected chi connectivity index (χ1v) is 12.7. The number of aromatic hydroxyl groups is 2. The molecule has 0 heterocycles. The lowest BCUT2D eigenvalue weighted by Gasteiger charge is -2.39. The second kappa shape index (κ2) is 9.56. The van der Waals surface area contributed by atoms with Gasteiger partial charge in [-0.25, -0.2) is 9.59 Å². The van der Waals surface area contributed by atoms with Crippen LogP contribution in [0.1, 0.15) is 66.2 Å². The van der Waals surface area contributed by atoms with Crippen molar-refractivity contribution in [2.45, 2.75) is 45.4 Å². The molecule has 5 unspecified atom stereocenters. The number of ether oxygens (including phenoxy) is 2. The molecule has 0 saturated heterocycles.